The minimum Gasteiger partial charge on any atom is -0.394 e. The lowest BCUT2D eigenvalue weighted by Gasteiger charge is -2.43. The molecule has 3 fully saturated rings. The number of hydrogen-bond donors (Lipinski definition) is 1. The smallest absolute Gasteiger partial charge is 0.247 e. The van der Waals surface area contributed by atoms with Gasteiger partial charge in [-0.2, -0.15) is 0 Å². The van der Waals surface area contributed by atoms with Gasteiger partial charge >= 0.3 is 0 Å². The van der Waals surface area contributed by atoms with Crippen LogP contribution >= 0.6 is 11.8 Å². The van der Waals surface area contributed by atoms with E-state index in [2.05, 4.69) is 20.1 Å². The second-order valence-electron chi connectivity index (χ2n) is 10.8. The van der Waals surface area contributed by atoms with Crippen LogP contribution in [0.5, 0.6) is 0 Å². The summed E-state index contributed by atoms with van der Waals surface area (Å²) in [5.41, 5.74) is 0.770. The van der Waals surface area contributed by atoms with E-state index in [4.69, 9.17) is 0 Å². The average Bonchev–Trinajstić information content (AvgIpc) is 3.47. The van der Waals surface area contributed by atoms with E-state index in [0.717, 1.165) is 12.0 Å². The zero-order valence-electron chi connectivity index (χ0n) is 22.2. The van der Waals surface area contributed by atoms with Crippen molar-refractivity contribution in [1.82, 2.24) is 14.7 Å². The summed E-state index contributed by atoms with van der Waals surface area (Å²) in [7, 11) is 1.74. The van der Waals surface area contributed by atoms with Crippen molar-refractivity contribution in [2.75, 3.05) is 26.7 Å². The molecule has 1 spiro atoms. The number of hydrogen-bond acceptors (Lipinski definition) is 5. The molecule has 7 nitrogen and oxygen atoms in total. The van der Waals surface area contributed by atoms with E-state index in [-0.39, 0.29) is 41.5 Å². The van der Waals surface area contributed by atoms with Gasteiger partial charge in [-0.15, -0.1) is 24.9 Å². The van der Waals surface area contributed by atoms with Gasteiger partial charge in [0.25, 0.3) is 0 Å². The Morgan fingerprint density at radius 3 is 2.41 bits per heavy atom. The van der Waals surface area contributed by atoms with Gasteiger partial charge in [0.05, 0.1) is 29.2 Å². The predicted molar refractivity (Wildman–Crippen MR) is 147 cm³/mol. The van der Waals surface area contributed by atoms with Crippen molar-refractivity contribution in [3.05, 3.63) is 61.2 Å². The molecule has 0 aliphatic carbocycles. The van der Waals surface area contributed by atoms with Crippen LogP contribution in [-0.4, -0.2) is 86.4 Å². The molecule has 0 radical (unpaired) electrons. The number of likely N-dealkylation sites (tertiary alicyclic amines) is 1. The normalized spacial score (nSPS) is 30.8. The fourth-order valence-electron chi connectivity index (χ4n) is 6.78. The van der Waals surface area contributed by atoms with Crippen molar-refractivity contribution in [2.24, 2.45) is 17.8 Å². The fourth-order valence-corrected chi connectivity index (χ4v) is 9.17. The minimum absolute atomic E-state index is 0.0302. The topological polar surface area (TPSA) is 81.2 Å². The number of thioether (sulfide) groups is 1. The first kappa shape index (κ1) is 27.5. The molecule has 7 atom stereocenters. The molecule has 0 aromatic heterocycles. The van der Waals surface area contributed by atoms with Crippen molar-refractivity contribution in [3.63, 3.8) is 0 Å². The lowest BCUT2D eigenvalue weighted by Crippen LogP contribution is -2.59. The SMILES string of the molecule is C=CCN(C)C(=O)[C@@H]1[C@@H]2CC(C)C3(S2)C(C(=O)N(CC=C)C(C)C)N([C@H](CO)c2ccccc2)C(=O)[C@H]13. The van der Waals surface area contributed by atoms with Crippen molar-refractivity contribution in [2.45, 2.75) is 55.3 Å². The molecule has 1 N–H and O–H groups in total. The van der Waals surface area contributed by atoms with Gasteiger partial charge in [0, 0.05) is 31.4 Å². The molecule has 3 unspecified atom stereocenters. The molecule has 3 aliphatic rings. The number of aliphatic hydroxyl groups excluding tert-OH is 1. The summed E-state index contributed by atoms with van der Waals surface area (Å²) in [6, 6.07) is 7.79. The third-order valence-electron chi connectivity index (χ3n) is 8.41. The molecule has 3 amide bonds. The van der Waals surface area contributed by atoms with Crippen molar-refractivity contribution < 1.29 is 19.5 Å². The molecule has 8 heteroatoms. The Balaban J connectivity index is 1.88. The van der Waals surface area contributed by atoms with Crippen LogP contribution in [0.4, 0.5) is 0 Å². The summed E-state index contributed by atoms with van der Waals surface area (Å²) in [6.45, 7) is 14.1. The Hall–Kier alpha value is -2.58. The predicted octanol–water partition coefficient (Wildman–Crippen LogP) is 3.12. The van der Waals surface area contributed by atoms with Crippen LogP contribution in [0, 0.1) is 17.8 Å². The standard InChI is InChI=1S/C29H39N3O4S/c1-7-14-30(6)26(34)23-22-16-19(5)29(37-22)24(23)27(35)32(21(17-33)20-12-10-9-11-13-20)25(29)28(36)31(15-8-2)18(3)4/h7-13,18-19,21-25,33H,1-2,14-17H2,3-6H3/t19?,21-,22+,23-,24+,25?,29?/m1/s1. The summed E-state index contributed by atoms with van der Waals surface area (Å²) < 4.78 is -0.745. The minimum atomic E-state index is -0.794. The number of aliphatic hydroxyl groups is 1. The first-order chi connectivity index (χ1) is 17.6. The van der Waals surface area contributed by atoms with E-state index in [0.29, 0.717) is 13.1 Å². The van der Waals surface area contributed by atoms with Gasteiger partial charge in [0.15, 0.2) is 0 Å². The first-order valence-electron chi connectivity index (χ1n) is 13.1. The maximum Gasteiger partial charge on any atom is 0.247 e. The van der Waals surface area contributed by atoms with Gasteiger partial charge in [-0.25, -0.2) is 0 Å². The van der Waals surface area contributed by atoms with Crippen molar-refractivity contribution in [3.8, 4) is 0 Å². The highest BCUT2D eigenvalue weighted by Gasteiger charge is 2.77. The van der Waals surface area contributed by atoms with E-state index < -0.39 is 28.7 Å². The number of benzene rings is 1. The van der Waals surface area contributed by atoms with Crippen LogP contribution in [0.3, 0.4) is 0 Å². The Kier molecular flexibility index (Phi) is 7.91. The third kappa shape index (κ3) is 4.22. The van der Waals surface area contributed by atoms with Gasteiger partial charge < -0.3 is 19.8 Å². The maximum absolute atomic E-state index is 14.5. The number of carbonyl (C=O) groups is 3. The summed E-state index contributed by atoms with van der Waals surface area (Å²) in [4.78, 5) is 47.6. The number of likely N-dealkylation sites (N-methyl/N-ethyl adjacent to an activating group) is 1. The highest BCUT2D eigenvalue weighted by atomic mass is 32.2. The lowest BCUT2D eigenvalue weighted by molar-refractivity contribution is -0.147. The molecule has 37 heavy (non-hydrogen) atoms. The van der Waals surface area contributed by atoms with Gasteiger partial charge in [0.2, 0.25) is 17.7 Å². The number of nitrogens with zero attached hydrogens (tertiary/aromatic N) is 3. The molecule has 1 aromatic rings. The van der Waals surface area contributed by atoms with E-state index in [1.807, 2.05) is 44.2 Å². The summed E-state index contributed by atoms with van der Waals surface area (Å²) in [5, 5.41) is 10.6. The van der Waals surface area contributed by atoms with E-state index in [1.54, 1.807) is 45.7 Å². The molecule has 4 rings (SSSR count). The molecule has 1 aromatic carbocycles. The van der Waals surface area contributed by atoms with E-state index in [1.165, 1.54) is 0 Å². The number of carbonyl (C=O) groups excluding carboxylic acids is 3. The highest BCUT2D eigenvalue weighted by Crippen LogP contribution is 2.69. The highest BCUT2D eigenvalue weighted by molar-refractivity contribution is 8.02. The summed E-state index contributed by atoms with van der Waals surface area (Å²) >= 11 is 1.65. The third-order valence-corrected chi connectivity index (χ3v) is 10.5. The molecule has 0 saturated carbocycles. The zero-order valence-corrected chi connectivity index (χ0v) is 23.1. The summed E-state index contributed by atoms with van der Waals surface area (Å²) in [5.74, 6) is -1.53. The number of fused-ring (bicyclic) bond motifs is 1. The zero-order chi connectivity index (χ0) is 27.1. The molecule has 200 valence electrons. The van der Waals surface area contributed by atoms with Crippen LogP contribution in [0.2, 0.25) is 0 Å². The monoisotopic (exact) mass is 525 g/mol. The first-order valence-corrected chi connectivity index (χ1v) is 14.0. The molecule has 3 aliphatic heterocycles. The van der Waals surface area contributed by atoms with Gasteiger partial charge in [-0.1, -0.05) is 49.4 Å². The second kappa shape index (κ2) is 10.7. The second-order valence-corrected chi connectivity index (χ2v) is 12.3. The molecule has 3 saturated heterocycles. The van der Waals surface area contributed by atoms with Gasteiger partial charge in [0.1, 0.15) is 6.04 Å². The van der Waals surface area contributed by atoms with Crippen LogP contribution in [0.1, 0.15) is 38.8 Å². The van der Waals surface area contributed by atoms with Crippen LogP contribution in [0.25, 0.3) is 0 Å². The average molecular weight is 526 g/mol. The molecule has 3 heterocycles. The molecular weight excluding hydrogens is 486 g/mol. The van der Waals surface area contributed by atoms with Crippen LogP contribution < -0.4 is 0 Å². The Bertz CT molecular complexity index is 1060. The van der Waals surface area contributed by atoms with Crippen LogP contribution in [0.15, 0.2) is 55.6 Å². The quantitative estimate of drug-likeness (QED) is 0.475. The Labute approximate surface area is 224 Å². The van der Waals surface area contributed by atoms with Gasteiger partial charge in [-0.3, -0.25) is 14.4 Å². The maximum atomic E-state index is 14.5. The summed E-state index contributed by atoms with van der Waals surface area (Å²) in [6.07, 6.45) is 4.15. The molecule has 2 bridgehead atoms. The molecular formula is C29H39N3O4S. The Morgan fingerprint density at radius 1 is 1.19 bits per heavy atom. The fraction of sp³-hybridized carbons (Fsp3) is 0.552. The van der Waals surface area contributed by atoms with Gasteiger partial charge in [-0.05, 0) is 31.7 Å². The van der Waals surface area contributed by atoms with Crippen molar-refractivity contribution in [1.29, 1.82) is 0 Å². The van der Waals surface area contributed by atoms with Crippen LogP contribution in [-0.2, 0) is 14.4 Å². The Morgan fingerprint density at radius 2 is 1.84 bits per heavy atom. The lowest BCUT2D eigenvalue weighted by atomic mass is 9.65. The van der Waals surface area contributed by atoms with E-state index >= 15 is 0 Å². The number of rotatable bonds is 10. The largest absolute Gasteiger partial charge is 0.394 e. The van der Waals surface area contributed by atoms with Crippen molar-refractivity contribution >= 4 is 29.5 Å². The van der Waals surface area contributed by atoms with E-state index in [9.17, 15) is 19.5 Å². The number of amides is 3.